The molecule has 2 aromatic rings. The lowest BCUT2D eigenvalue weighted by atomic mass is 9.97. The fraction of sp³-hybridized carbons (Fsp3) is 0.350. The number of nitrogens with one attached hydrogen (secondary N) is 2. The molecule has 4 heteroatoms. The second-order valence-corrected chi connectivity index (χ2v) is 6.43. The van der Waals surface area contributed by atoms with Crippen LogP contribution < -0.4 is 10.6 Å². The van der Waals surface area contributed by atoms with Crippen LogP contribution in [0.2, 0.25) is 0 Å². The Morgan fingerprint density at radius 3 is 2.50 bits per heavy atom. The molecule has 0 spiro atoms. The van der Waals surface area contributed by atoms with E-state index >= 15 is 0 Å². The summed E-state index contributed by atoms with van der Waals surface area (Å²) < 4.78 is 0. The van der Waals surface area contributed by atoms with E-state index in [4.69, 9.17) is 0 Å². The number of carbonyl (C=O) groups is 1. The number of rotatable bonds is 5. The van der Waals surface area contributed by atoms with E-state index < -0.39 is 0 Å². The van der Waals surface area contributed by atoms with E-state index in [0.29, 0.717) is 5.92 Å². The van der Waals surface area contributed by atoms with Gasteiger partial charge in [0.25, 0.3) is 0 Å². The lowest BCUT2D eigenvalue weighted by Crippen LogP contribution is -2.41. The Labute approximate surface area is 143 Å². The van der Waals surface area contributed by atoms with Gasteiger partial charge in [-0.1, -0.05) is 48.5 Å². The third-order valence-electron chi connectivity index (χ3n) is 4.44. The third-order valence-corrected chi connectivity index (χ3v) is 4.44. The van der Waals surface area contributed by atoms with Crippen molar-refractivity contribution in [3.8, 4) is 0 Å². The first-order valence-corrected chi connectivity index (χ1v) is 8.66. The second kappa shape index (κ2) is 8.50. The van der Waals surface area contributed by atoms with Gasteiger partial charge in [0.05, 0.1) is 0 Å². The van der Waals surface area contributed by atoms with Gasteiger partial charge in [-0.15, -0.1) is 0 Å². The molecule has 0 aromatic heterocycles. The minimum absolute atomic E-state index is 0.124. The first-order valence-electron chi connectivity index (χ1n) is 8.66. The zero-order chi connectivity index (χ0) is 16.6. The summed E-state index contributed by atoms with van der Waals surface area (Å²) in [6.07, 6.45) is 2.37. The van der Waals surface area contributed by atoms with Crippen molar-refractivity contribution in [3.63, 3.8) is 0 Å². The van der Waals surface area contributed by atoms with Crippen LogP contribution in [-0.4, -0.2) is 30.6 Å². The van der Waals surface area contributed by atoms with Crippen molar-refractivity contribution in [2.45, 2.75) is 19.4 Å². The van der Waals surface area contributed by atoms with E-state index in [1.165, 1.54) is 18.4 Å². The maximum Gasteiger partial charge on any atom is 0.319 e. The fourth-order valence-electron chi connectivity index (χ4n) is 3.24. The average Bonchev–Trinajstić information content (AvgIpc) is 2.62. The highest BCUT2D eigenvalue weighted by molar-refractivity contribution is 5.89. The lowest BCUT2D eigenvalue weighted by Gasteiger charge is -2.32. The van der Waals surface area contributed by atoms with E-state index in [1.54, 1.807) is 0 Å². The summed E-state index contributed by atoms with van der Waals surface area (Å²) in [5.74, 6) is 0.518. The van der Waals surface area contributed by atoms with Gasteiger partial charge in [-0.3, -0.25) is 4.90 Å². The quantitative estimate of drug-likeness (QED) is 0.881. The molecular formula is C20H25N3O. The molecule has 0 bridgehead atoms. The number of hydrogen-bond acceptors (Lipinski definition) is 2. The second-order valence-electron chi connectivity index (χ2n) is 6.43. The monoisotopic (exact) mass is 323 g/mol. The Morgan fingerprint density at radius 2 is 1.75 bits per heavy atom. The first kappa shape index (κ1) is 16.5. The number of likely N-dealkylation sites (tertiary alicyclic amines) is 1. The normalized spacial score (nSPS) is 18.1. The summed E-state index contributed by atoms with van der Waals surface area (Å²) in [6, 6.07) is 20.0. The molecule has 1 saturated heterocycles. The van der Waals surface area contributed by atoms with E-state index in [1.807, 2.05) is 30.3 Å². The highest BCUT2D eigenvalue weighted by Crippen LogP contribution is 2.18. The summed E-state index contributed by atoms with van der Waals surface area (Å²) in [4.78, 5) is 14.5. The summed E-state index contributed by atoms with van der Waals surface area (Å²) >= 11 is 0. The molecule has 1 fully saturated rings. The summed E-state index contributed by atoms with van der Waals surface area (Å²) in [6.45, 7) is 3.90. The number of anilines is 1. The van der Waals surface area contributed by atoms with E-state index in [2.05, 4.69) is 45.9 Å². The minimum atomic E-state index is -0.124. The summed E-state index contributed by atoms with van der Waals surface area (Å²) in [7, 11) is 0. The predicted octanol–water partition coefficient (Wildman–Crippen LogP) is 3.72. The van der Waals surface area contributed by atoms with Crippen LogP contribution in [0.1, 0.15) is 18.4 Å². The molecule has 4 nitrogen and oxygen atoms in total. The van der Waals surface area contributed by atoms with Crippen LogP contribution in [0.25, 0.3) is 0 Å². The van der Waals surface area contributed by atoms with Gasteiger partial charge < -0.3 is 10.6 Å². The molecule has 0 unspecified atom stereocenters. The molecule has 3 rings (SSSR count). The van der Waals surface area contributed by atoms with Crippen molar-refractivity contribution in [1.29, 1.82) is 0 Å². The highest BCUT2D eigenvalue weighted by Gasteiger charge is 2.20. The van der Waals surface area contributed by atoms with Crippen molar-refractivity contribution in [2.75, 3.05) is 25.0 Å². The number of benzene rings is 2. The van der Waals surface area contributed by atoms with E-state index in [9.17, 15) is 4.79 Å². The largest absolute Gasteiger partial charge is 0.338 e. The zero-order valence-corrected chi connectivity index (χ0v) is 13.9. The van der Waals surface area contributed by atoms with Crippen LogP contribution >= 0.6 is 0 Å². The maximum atomic E-state index is 12.0. The molecule has 1 heterocycles. The van der Waals surface area contributed by atoms with Crippen LogP contribution in [0.15, 0.2) is 60.7 Å². The number of nitrogens with zero attached hydrogens (tertiary/aromatic N) is 1. The number of piperidine rings is 1. The molecule has 1 aliphatic heterocycles. The molecule has 2 aromatic carbocycles. The molecule has 0 radical (unpaired) electrons. The third kappa shape index (κ3) is 5.10. The minimum Gasteiger partial charge on any atom is -0.338 e. The summed E-state index contributed by atoms with van der Waals surface area (Å²) in [5.41, 5.74) is 2.18. The molecule has 24 heavy (non-hydrogen) atoms. The molecule has 2 N–H and O–H groups in total. The van der Waals surface area contributed by atoms with Crippen molar-refractivity contribution < 1.29 is 4.79 Å². The van der Waals surface area contributed by atoms with Crippen molar-refractivity contribution in [1.82, 2.24) is 10.2 Å². The topological polar surface area (TPSA) is 44.4 Å². The van der Waals surface area contributed by atoms with Gasteiger partial charge in [0.15, 0.2) is 0 Å². The SMILES string of the molecule is O=C(NC[C@@H]1CCCN(Cc2ccccc2)C1)Nc1ccccc1. The standard InChI is InChI=1S/C20H25N3O/c24-20(22-19-11-5-2-6-12-19)21-14-18-10-7-13-23(16-18)15-17-8-3-1-4-9-17/h1-6,8-9,11-12,18H,7,10,13-16H2,(H2,21,22,24)/t18-/m0/s1. The molecule has 0 saturated carbocycles. The van der Waals surface area contributed by atoms with E-state index in [-0.39, 0.29) is 6.03 Å². The molecule has 2 amide bonds. The van der Waals surface area contributed by atoms with Gasteiger partial charge in [-0.25, -0.2) is 4.79 Å². The van der Waals surface area contributed by atoms with Crippen LogP contribution in [0.3, 0.4) is 0 Å². The average molecular weight is 323 g/mol. The zero-order valence-electron chi connectivity index (χ0n) is 13.9. The van der Waals surface area contributed by atoms with Gasteiger partial charge in [-0.2, -0.15) is 0 Å². The maximum absolute atomic E-state index is 12.0. The molecular weight excluding hydrogens is 298 g/mol. The van der Waals surface area contributed by atoms with Gasteiger partial charge in [0.2, 0.25) is 0 Å². The number of hydrogen-bond donors (Lipinski definition) is 2. The smallest absolute Gasteiger partial charge is 0.319 e. The van der Waals surface area contributed by atoms with Crippen molar-refractivity contribution >= 4 is 11.7 Å². The Kier molecular flexibility index (Phi) is 5.85. The Balaban J connectivity index is 1.43. The van der Waals surface area contributed by atoms with Gasteiger partial charge >= 0.3 is 6.03 Å². The fourth-order valence-corrected chi connectivity index (χ4v) is 3.24. The Hall–Kier alpha value is -2.33. The number of amides is 2. The van der Waals surface area contributed by atoms with Gasteiger partial charge in [0.1, 0.15) is 0 Å². The molecule has 1 atom stereocenters. The number of carbonyl (C=O) groups excluding carboxylic acids is 1. The predicted molar refractivity (Wildman–Crippen MR) is 97.9 cm³/mol. The molecule has 126 valence electrons. The highest BCUT2D eigenvalue weighted by atomic mass is 16.2. The van der Waals surface area contributed by atoms with E-state index in [0.717, 1.165) is 31.9 Å². The molecule has 1 aliphatic rings. The first-order chi connectivity index (χ1) is 11.8. The van der Waals surface area contributed by atoms with Crippen LogP contribution in [0.4, 0.5) is 10.5 Å². The summed E-state index contributed by atoms with van der Waals surface area (Å²) in [5, 5.41) is 5.88. The van der Waals surface area contributed by atoms with Crippen LogP contribution in [-0.2, 0) is 6.54 Å². The van der Waals surface area contributed by atoms with Gasteiger partial charge in [-0.05, 0) is 43.0 Å². The lowest BCUT2D eigenvalue weighted by molar-refractivity contribution is 0.166. The Morgan fingerprint density at radius 1 is 1.04 bits per heavy atom. The van der Waals surface area contributed by atoms with Crippen molar-refractivity contribution in [3.05, 3.63) is 66.2 Å². The Bertz CT molecular complexity index is 630. The van der Waals surface area contributed by atoms with Crippen molar-refractivity contribution in [2.24, 2.45) is 5.92 Å². The van der Waals surface area contributed by atoms with Crippen LogP contribution in [0, 0.1) is 5.92 Å². The van der Waals surface area contributed by atoms with Gasteiger partial charge in [0, 0.05) is 25.3 Å². The number of para-hydroxylation sites is 1. The number of urea groups is 1. The molecule has 0 aliphatic carbocycles. The van der Waals surface area contributed by atoms with Crippen LogP contribution in [0.5, 0.6) is 0 Å².